The molecule has 0 aliphatic carbocycles. The zero-order valence-electron chi connectivity index (χ0n) is 14.8. The third-order valence-electron chi connectivity index (χ3n) is 3.54. The lowest BCUT2D eigenvalue weighted by atomic mass is 10.1. The fraction of sp³-hybridized carbons (Fsp3) is 0.211. The number of carbonyl (C=O) groups is 2. The van der Waals surface area contributed by atoms with Gasteiger partial charge in [0.05, 0.1) is 0 Å². The smallest absolute Gasteiger partial charge is 0.270 e. The van der Waals surface area contributed by atoms with Crippen molar-refractivity contribution in [2.45, 2.75) is 20.8 Å². The molecule has 2 amide bonds. The Kier molecular flexibility index (Phi) is 6.74. The average molecular weight is 374 g/mol. The number of amides is 2. The summed E-state index contributed by atoms with van der Waals surface area (Å²) in [5.74, 6) is -0.826. The van der Waals surface area contributed by atoms with Crippen LogP contribution in [0.15, 0.2) is 41.6 Å². The van der Waals surface area contributed by atoms with Gasteiger partial charge in [-0.1, -0.05) is 34.5 Å². The fourth-order valence-electron chi connectivity index (χ4n) is 2.25. The second-order valence-corrected chi connectivity index (χ2v) is 6.26. The molecule has 0 fully saturated rings. The highest BCUT2D eigenvalue weighted by Crippen LogP contribution is 2.19. The van der Waals surface area contributed by atoms with Crippen LogP contribution in [-0.2, 0) is 14.4 Å². The molecule has 0 bridgehead atoms. The van der Waals surface area contributed by atoms with Gasteiger partial charge in [0.1, 0.15) is 6.21 Å². The summed E-state index contributed by atoms with van der Waals surface area (Å²) in [4.78, 5) is 28.5. The van der Waals surface area contributed by atoms with Gasteiger partial charge in [0.15, 0.2) is 6.61 Å². The number of aryl methyl sites for hydroxylation is 3. The van der Waals surface area contributed by atoms with Crippen molar-refractivity contribution in [1.82, 2.24) is 0 Å². The molecule has 7 heteroatoms. The quantitative estimate of drug-likeness (QED) is 0.596. The number of carbonyl (C=O) groups excluding carboxylic acids is 2. The normalized spacial score (nSPS) is 10.6. The maximum absolute atomic E-state index is 11.8. The third-order valence-corrected chi connectivity index (χ3v) is 3.78. The van der Waals surface area contributed by atoms with Gasteiger partial charge < -0.3 is 15.5 Å². The molecule has 26 heavy (non-hydrogen) atoms. The van der Waals surface area contributed by atoms with Crippen molar-refractivity contribution in [3.63, 3.8) is 0 Å². The molecule has 0 heterocycles. The number of hydrogen-bond donors (Lipinski definition) is 2. The molecule has 0 aromatic heterocycles. The van der Waals surface area contributed by atoms with Gasteiger partial charge in [0, 0.05) is 16.4 Å². The topological polar surface area (TPSA) is 79.8 Å². The van der Waals surface area contributed by atoms with E-state index in [0.717, 1.165) is 22.9 Å². The Hall–Kier alpha value is -2.86. The van der Waals surface area contributed by atoms with Crippen LogP contribution in [0.3, 0.4) is 0 Å². The van der Waals surface area contributed by atoms with Crippen LogP contribution < -0.4 is 10.6 Å². The lowest BCUT2D eigenvalue weighted by Gasteiger charge is -2.08. The van der Waals surface area contributed by atoms with E-state index < -0.39 is 5.91 Å². The summed E-state index contributed by atoms with van der Waals surface area (Å²) >= 11 is 5.87. The molecule has 0 aliphatic rings. The minimum Gasteiger partial charge on any atom is -0.385 e. The van der Waals surface area contributed by atoms with Crippen molar-refractivity contribution in [2.24, 2.45) is 5.16 Å². The van der Waals surface area contributed by atoms with Crippen LogP contribution in [0.25, 0.3) is 0 Å². The van der Waals surface area contributed by atoms with E-state index in [0.29, 0.717) is 16.4 Å². The number of nitrogens with zero attached hydrogens (tertiary/aromatic N) is 1. The molecular weight excluding hydrogens is 354 g/mol. The van der Waals surface area contributed by atoms with Gasteiger partial charge in [-0.3, -0.25) is 9.59 Å². The molecular formula is C19H20ClN3O3. The first-order valence-corrected chi connectivity index (χ1v) is 8.32. The predicted octanol–water partition coefficient (Wildman–Crippen LogP) is 3.84. The molecule has 2 aromatic carbocycles. The Morgan fingerprint density at radius 1 is 1.04 bits per heavy atom. The molecule has 0 atom stereocenters. The summed E-state index contributed by atoms with van der Waals surface area (Å²) in [5, 5.41) is 9.49. The number of nitrogens with one attached hydrogen (secondary N) is 2. The number of rotatable bonds is 6. The summed E-state index contributed by atoms with van der Waals surface area (Å²) < 4.78 is 0. The zero-order chi connectivity index (χ0) is 19.1. The molecule has 2 aromatic rings. The van der Waals surface area contributed by atoms with Gasteiger partial charge in [-0.25, -0.2) is 0 Å². The maximum atomic E-state index is 11.8. The first-order chi connectivity index (χ1) is 12.3. The standard InChI is InChI=1S/C19H20ClN3O3/c1-12-4-6-16(13(2)8-12)22-18(24)10-21-26-11-19(25)23-17-7-5-15(20)9-14(17)3/h4-10H,11H2,1-3H3,(H,22,24)(H,23,25)/b21-10-. The zero-order valence-corrected chi connectivity index (χ0v) is 15.6. The largest absolute Gasteiger partial charge is 0.385 e. The van der Waals surface area contributed by atoms with Crippen LogP contribution in [0, 0.1) is 20.8 Å². The van der Waals surface area contributed by atoms with E-state index in [2.05, 4.69) is 15.8 Å². The van der Waals surface area contributed by atoms with Gasteiger partial charge >= 0.3 is 0 Å². The summed E-state index contributed by atoms with van der Waals surface area (Å²) in [5.41, 5.74) is 4.23. The van der Waals surface area contributed by atoms with Crippen molar-refractivity contribution in [3.05, 3.63) is 58.1 Å². The molecule has 2 N–H and O–H groups in total. The second-order valence-electron chi connectivity index (χ2n) is 5.82. The summed E-state index contributed by atoms with van der Waals surface area (Å²) in [7, 11) is 0. The highest BCUT2D eigenvalue weighted by atomic mass is 35.5. The highest BCUT2D eigenvalue weighted by molar-refractivity contribution is 6.31. The number of anilines is 2. The minimum atomic E-state index is -0.439. The molecule has 0 aliphatic heterocycles. The number of hydrogen-bond acceptors (Lipinski definition) is 4. The Labute approximate surface area is 157 Å². The lowest BCUT2D eigenvalue weighted by Crippen LogP contribution is -2.18. The summed E-state index contributed by atoms with van der Waals surface area (Å²) in [6, 6.07) is 10.8. The van der Waals surface area contributed by atoms with Crippen molar-refractivity contribution in [3.8, 4) is 0 Å². The Morgan fingerprint density at radius 2 is 1.69 bits per heavy atom. The number of halogens is 1. The minimum absolute atomic E-state index is 0.310. The lowest BCUT2D eigenvalue weighted by molar-refractivity contribution is -0.120. The van der Waals surface area contributed by atoms with Gasteiger partial charge in [-0.2, -0.15) is 0 Å². The Bertz CT molecular complexity index is 850. The molecule has 2 rings (SSSR count). The predicted molar refractivity (Wildman–Crippen MR) is 104 cm³/mol. The molecule has 0 unspecified atom stereocenters. The van der Waals surface area contributed by atoms with E-state index in [4.69, 9.17) is 16.4 Å². The molecule has 136 valence electrons. The van der Waals surface area contributed by atoms with Crippen LogP contribution in [0.1, 0.15) is 16.7 Å². The van der Waals surface area contributed by atoms with Crippen LogP contribution >= 0.6 is 11.6 Å². The monoisotopic (exact) mass is 373 g/mol. The molecule has 0 spiro atoms. The Morgan fingerprint density at radius 3 is 2.38 bits per heavy atom. The van der Waals surface area contributed by atoms with Gasteiger partial charge in [-0.15, -0.1) is 0 Å². The Balaban J connectivity index is 1.79. The van der Waals surface area contributed by atoms with E-state index in [9.17, 15) is 9.59 Å². The molecule has 0 saturated carbocycles. The summed E-state index contributed by atoms with van der Waals surface area (Å²) in [6.45, 7) is 5.40. The maximum Gasteiger partial charge on any atom is 0.270 e. The number of oxime groups is 1. The van der Waals surface area contributed by atoms with Crippen LogP contribution in [0.5, 0.6) is 0 Å². The first kappa shape index (κ1) is 19.5. The van der Waals surface area contributed by atoms with Crippen molar-refractivity contribution >= 4 is 41.0 Å². The van der Waals surface area contributed by atoms with Gasteiger partial charge in [-0.05, 0) is 56.2 Å². The molecule has 0 radical (unpaired) electrons. The third kappa shape index (κ3) is 5.89. The van der Waals surface area contributed by atoms with Crippen molar-refractivity contribution in [1.29, 1.82) is 0 Å². The van der Waals surface area contributed by atoms with Crippen molar-refractivity contribution < 1.29 is 14.4 Å². The fourth-order valence-corrected chi connectivity index (χ4v) is 2.48. The second kappa shape index (κ2) is 9.01. The van der Waals surface area contributed by atoms with Crippen molar-refractivity contribution in [2.75, 3.05) is 17.2 Å². The van der Waals surface area contributed by atoms with E-state index in [-0.39, 0.29) is 12.5 Å². The van der Waals surface area contributed by atoms with Crippen LogP contribution in [0.4, 0.5) is 11.4 Å². The van der Waals surface area contributed by atoms with Gasteiger partial charge in [0.25, 0.3) is 11.8 Å². The highest BCUT2D eigenvalue weighted by Gasteiger charge is 2.06. The first-order valence-electron chi connectivity index (χ1n) is 7.94. The number of benzene rings is 2. The summed E-state index contributed by atoms with van der Waals surface area (Å²) in [6.07, 6.45) is 0.986. The SMILES string of the molecule is Cc1ccc(NC(=O)/C=N\OCC(=O)Nc2ccc(Cl)cc2C)c(C)c1. The molecule has 0 saturated heterocycles. The van der Waals surface area contributed by atoms with E-state index in [1.165, 1.54) is 0 Å². The van der Waals surface area contributed by atoms with Gasteiger partial charge in [0.2, 0.25) is 0 Å². The van der Waals surface area contributed by atoms with E-state index in [1.807, 2.05) is 39.0 Å². The molecule has 6 nitrogen and oxygen atoms in total. The van der Waals surface area contributed by atoms with E-state index >= 15 is 0 Å². The van der Waals surface area contributed by atoms with Crippen LogP contribution in [-0.4, -0.2) is 24.6 Å². The average Bonchev–Trinajstić information content (AvgIpc) is 2.57. The van der Waals surface area contributed by atoms with E-state index in [1.54, 1.807) is 18.2 Å². The van der Waals surface area contributed by atoms with Crippen LogP contribution in [0.2, 0.25) is 5.02 Å².